The summed E-state index contributed by atoms with van der Waals surface area (Å²) in [5, 5.41) is 9.64. The van der Waals surface area contributed by atoms with Gasteiger partial charge in [0.1, 0.15) is 11.4 Å². The minimum atomic E-state index is -0.618. The highest BCUT2D eigenvalue weighted by Gasteiger charge is 2.15. The van der Waals surface area contributed by atoms with Gasteiger partial charge in [0.25, 0.3) is 11.8 Å². The third-order valence-corrected chi connectivity index (χ3v) is 3.34. The van der Waals surface area contributed by atoms with Gasteiger partial charge in [-0.15, -0.1) is 0 Å². The van der Waals surface area contributed by atoms with Gasteiger partial charge in [-0.1, -0.05) is 30.3 Å². The summed E-state index contributed by atoms with van der Waals surface area (Å²) in [6.07, 6.45) is 2.91. The van der Waals surface area contributed by atoms with Gasteiger partial charge < -0.3 is 5.11 Å². The monoisotopic (exact) mass is 322 g/mol. The van der Waals surface area contributed by atoms with Crippen molar-refractivity contribution < 1.29 is 14.7 Å². The number of para-hydroxylation sites is 2. The van der Waals surface area contributed by atoms with Crippen molar-refractivity contribution in [2.45, 2.75) is 0 Å². The number of aromatic hydroxyl groups is 1. The first-order valence-corrected chi connectivity index (χ1v) is 7.13. The normalized spacial score (nSPS) is 10.2. The quantitative estimate of drug-likeness (QED) is 0.639. The molecule has 0 aliphatic rings. The second kappa shape index (κ2) is 6.66. The van der Waals surface area contributed by atoms with Gasteiger partial charge in [-0.05, 0) is 24.3 Å². The maximum absolute atomic E-state index is 12.3. The Labute approximate surface area is 137 Å². The highest BCUT2D eigenvalue weighted by atomic mass is 16.3. The van der Waals surface area contributed by atoms with Crippen molar-refractivity contribution in [3.63, 3.8) is 0 Å². The number of nitrogens with zero attached hydrogens (tertiary/aromatic N) is 2. The fourth-order valence-electron chi connectivity index (χ4n) is 2.17. The number of hydrogen-bond acceptors (Lipinski definition) is 4. The first-order valence-electron chi connectivity index (χ1n) is 7.13. The lowest BCUT2D eigenvalue weighted by molar-refractivity contribution is 0.0841. The van der Waals surface area contributed by atoms with Crippen molar-refractivity contribution in [1.82, 2.24) is 20.4 Å². The third kappa shape index (κ3) is 3.09. The first-order chi connectivity index (χ1) is 11.7. The van der Waals surface area contributed by atoms with E-state index in [1.54, 1.807) is 16.7 Å². The fraction of sp³-hybridized carbons (Fsp3) is 0. The lowest BCUT2D eigenvalue weighted by Crippen LogP contribution is -2.42. The largest absolute Gasteiger partial charge is 0.507 e. The molecule has 3 N–H and O–H groups in total. The third-order valence-electron chi connectivity index (χ3n) is 3.34. The van der Waals surface area contributed by atoms with Crippen LogP contribution in [0.15, 0.2) is 67.1 Å². The highest BCUT2D eigenvalue weighted by Crippen LogP contribution is 2.15. The topological polar surface area (TPSA) is 96.3 Å². The number of aromatic nitrogens is 2. The molecule has 1 heterocycles. The molecule has 120 valence electrons. The van der Waals surface area contributed by atoms with Gasteiger partial charge in [-0.2, -0.15) is 0 Å². The number of nitrogens with one attached hydrogen (secondary N) is 2. The number of benzene rings is 2. The van der Waals surface area contributed by atoms with E-state index in [4.69, 9.17) is 0 Å². The van der Waals surface area contributed by atoms with E-state index in [1.165, 1.54) is 24.7 Å². The minimum absolute atomic E-state index is 0.0642. The first kappa shape index (κ1) is 15.3. The maximum Gasteiger partial charge on any atom is 0.288 e. The van der Waals surface area contributed by atoms with Crippen LogP contribution < -0.4 is 10.9 Å². The summed E-state index contributed by atoms with van der Waals surface area (Å²) in [5.74, 6) is -1.31. The van der Waals surface area contributed by atoms with Crippen molar-refractivity contribution >= 4 is 11.8 Å². The van der Waals surface area contributed by atoms with Gasteiger partial charge in [-0.3, -0.25) is 25.0 Å². The number of carbonyl (C=O) groups is 2. The second-order valence-electron chi connectivity index (χ2n) is 4.91. The van der Waals surface area contributed by atoms with Crippen LogP contribution in [0.2, 0.25) is 0 Å². The summed E-state index contributed by atoms with van der Waals surface area (Å²) in [5.41, 5.74) is 5.67. The van der Waals surface area contributed by atoms with Crippen LogP contribution in [0, 0.1) is 0 Å². The van der Waals surface area contributed by atoms with Crippen LogP contribution in [0.5, 0.6) is 5.75 Å². The molecule has 2 amide bonds. The Bertz CT molecular complexity index is 874. The van der Waals surface area contributed by atoms with Crippen molar-refractivity contribution in [2.24, 2.45) is 0 Å². The van der Waals surface area contributed by atoms with Gasteiger partial charge in [0.2, 0.25) is 0 Å². The predicted molar refractivity (Wildman–Crippen MR) is 86.6 cm³/mol. The average Bonchev–Trinajstić information content (AvgIpc) is 3.10. The number of rotatable bonds is 3. The minimum Gasteiger partial charge on any atom is -0.507 e. The van der Waals surface area contributed by atoms with Crippen LogP contribution in [-0.4, -0.2) is 26.5 Å². The molecule has 7 nitrogen and oxygen atoms in total. The molecule has 0 aliphatic heterocycles. The van der Waals surface area contributed by atoms with Crippen molar-refractivity contribution in [1.29, 1.82) is 0 Å². The zero-order chi connectivity index (χ0) is 16.9. The molecule has 3 rings (SSSR count). The van der Waals surface area contributed by atoms with E-state index in [0.29, 0.717) is 0 Å². The molecule has 0 aliphatic carbocycles. The molecule has 24 heavy (non-hydrogen) atoms. The van der Waals surface area contributed by atoms with Crippen LogP contribution in [0.25, 0.3) is 5.69 Å². The van der Waals surface area contributed by atoms with Gasteiger partial charge >= 0.3 is 0 Å². The molecule has 0 radical (unpaired) electrons. The van der Waals surface area contributed by atoms with Crippen LogP contribution in [0.4, 0.5) is 0 Å². The average molecular weight is 322 g/mol. The zero-order valence-corrected chi connectivity index (χ0v) is 12.5. The second-order valence-corrected chi connectivity index (χ2v) is 4.91. The van der Waals surface area contributed by atoms with E-state index >= 15 is 0 Å². The Kier molecular flexibility index (Phi) is 4.24. The lowest BCUT2D eigenvalue weighted by atomic mass is 10.2. The molecule has 0 saturated carbocycles. The fourth-order valence-corrected chi connectivity index (χ4v) is 2.17. The molecular weight excluding hydrogens is 308 g/mol. The number of amides is 2. The van der Waals surface area contributed by atoms with E-state index in [1.807, 2.05) is 30.3 Å². The van der Waals surface area contributed by atoms with E-state index in [2.05, 4.69) is 15.8 Å². The molecule has 0 unspecified atom stereocenters. The summed E-state index contributed by atoms with van der Waals surface area (Å²) < 4.78 is 1.60. The molecule has 0 saturated heterocycles. The summed E-state index contributed by atoms with van der Waals surface area (Å²) in [4.78, 5) is 28.2. The van der Waals surface area contributed by atoms with Crippen molar-refractivity contribution in [3.8, 4) is 11.4 Å². The Morgan fingerprint density at radius 2 is 1.58 bits per heavy atom. The Hall–Kier alpha value is -3.61. The molecule has 1 aromatic heterocycles. The summed E-state index contributed by atoms with van der Waals surface area (Å²) >= 11 is 0. The summed E-state index contributed by atoms with van der Waals surface area (Å²) in [6.45, 7) is 0. The van der Waals surface area contributed by atoms with Gasteiger partial charge in [-0.25, -0.2) is 4.98 Å². The van der Waals surface area contributed by atoms with Crippen LogP contribution in [0.1, 0.15) is 20.8 Å². The van der Waals surface area contributed by atoms with Gasteiger partial charge in [0.05, 0.1) is 18.1 Å². The molecule has 0 atom stereocenters. The lowest BCUT2D eigenvalue weighted by Gasteiger charge is -2.10. The number of phenols is 1. The number of imidazole rings is 1. The van der Waals surface area contributed by atoms with Crippen LogP contribution >= 0.6 is 0 Å². The van der Waals surface area contributed by atoms with Crippen LogP contribution in [-0.2, 0) is 0 Å². The molecule has 2 aromatic carbocycles. The van der Waals surface area contributed by atoms with E-state index in [9.17, 15) is 14.7 Å². The Morgan fingerprint density at radius 1 is 0.917 bits per heavy atom. The van der Waals surface area contributed by atoms with Gasteiger partial charge in [0, 0.05) is 5.69 Å². The number of phenolic OH excluding ortho intramolecular Hbond substituents is 1. The molecule has 0 bridgehead atoms. The molecular formula is C17H14N4O3. The Balaban J connectivity index is 1.72. The van der Waals surface area contributed by atoms with Crippen molar-refractivity contribution in [3.05, 3.63) is 78.4 Å². The van der Waals surface area contributed by atoms with E-state index in [0.717, 1.165) is 5.69 Å². The maximum atomic E-state index is 12.3. The highest BCUT2D eigenvalue weighted by molar-refractivity contribution is 5.99. The summed E-state index contributed by atoms with van der Waals surface area (Å²) in [7, 11) is 0. The number of hydrazine groups is 1. The number of hydrogen-bond donors (Lipinski definition) is 3. The SMILES string of the molecule is O=C(NNC(=O)c1cncn1-c1ccccc1)c1ccccc1O. The van der Waals surface area contributed by atoms with Crippen LogP contribution in [0.3, 0.4) is 0 Å². The van der Waals surface area contributed by atoms with E-state index < -0.39 is 11.8 Å². The molecule has 7 heteroatoms. The van der Waals surface area contributed by atoms with Gasteiger partial charge in [0.15, 0.2) is 0 Å². The summed E-state index contributed by atoms with van der Waals surface area (Å²) in [6, 6.07) is 15.3. The van der Waals surface area contributed by atoms with E-state index in [-0.39, 0.29) is 17.0 Å². The number of carbonyl (C=O) groups excluding carboxylic acids is 2. The molecule has 0 fully saturated rings. The smallest absolute Gasteiger partial charge is 0.288 e. The molecule has 3 aromatic rings. The standard InChI is InChI=1S/C17H14N4O3/c22-15-9-5-4-8-13(15)16(23)19-20-17(24)14-10-18-11-21(14)12-6-2-1-3-7-12/h1-11,22H,(H,19,23)(H,20,24). The Morgan fingerprint density at radius 3 is 2.33 bits per heavy atom. The zero-order valence-electron chi connectivity index (χ0n) is 12.5. The molecule has 0 spiro atoms. The van der Waals surface area contributed by atoms with Crippen molar-refractivity contribution in [2.75, 3.05) is 0 Å². The predicted octanol–water partition coefficient (Wildman–Crippen LogP) is 1.65.